The number of hydrogen-bond acceptors (Lipinski definition) is 22. The quantitative estimate of drug-likeness (QED) is 0.0129. The van der Waals surface area contributed by atoms with Crippen LogP contribution in [0.4, 0.5) is 0 Å². The van der Waals surface area contributed by atoms with Crippen molar-refractivity contribution >= 4 is 58.8 Å². The van der Waals surface area contributed by atoms with E-state index in [-0.39, 0.29) is 19.4 Å². The first-order chi connectivity index (χ1) is 26.9. The zero-order valence-corrected chi connectivity index (χ0v) is 31.1. The molecule has 2 rings (SSSR count). The number of hydrogen-bond donors (Lipinski definition) is 9. The highest BCUT2D eigenvalue weighted by Gasteiger charge is 2.54. The predicted molar refractivity (Wildman–Crippen MR) is 172 cm³/mol. The van der Waals surface area contributed by atoms with Crippen molar-refractivity contribution in [1.29, 1.82) is 0 Å². The minimum absolute atomic E-state index is 0.00589. The van der Waals surface area contributed by atoms with E-state index in [1.54, 1.807) is 0 Å². The van der Waals surface area contributed by atoms with Gasteiger partial charge >= 0.3 is 27.6 Å². The number of rotatable bonds is 26. The molecular weight excluding hydrogens is 830 g/mol. The summed E-state index contributed by atoms with van der Waals surface area (Å²) in [6.07, 6.45) is -18.8. The molecule has 326 valence electrons. The Bertz CT molecular complexity index is 1440. The van der Waals surface area contributed by atoms with Crippen LogP contribution in [0.3, 0.4) is 0 Å². The lowest BCUT2D eigenvalue weighted by Crippen LogP contribution is -2.68. The van der Waals surface area contributed by atoms with Gasteiger partial charge in [-0.05, 0) is 0 Å². The van der Waals surface area contributed by atoms with Crippen LogP contribution < -0.4 is 10.6 Å². The zero-order chi connectivity index (χ0) is 42.8. The maximum atomic E-state index is 12.9. The summed E-state index contributed by atoms with van der Waals surface area (Å²) < 4.78 is 74.1. The highest BCUT2D eigenvalue weighted by Crippen LogP contribution is 2.43. The van der Waals surface area contributed by atoms with Gasteiger partial charge in [-0.1, -0.05) is 0 Å². The standard InChI is InChI=1S/C27H42N2O26P2/c30-5-1-18(37)52-24-20(28-16(35)2-6-46-11-32)27(55-57(43,44)45)51-15(22(24)39)10-49-26-21(29-17(36)3-7-47-12-33)25(53-19(38)4-8-48-13-34)23(14(9-31)50-26)54-56(40,41)42/h11-15,20-27,30-31,39H,1-10H2,(H,28,35)(H,29,36)(H2,40,41,42)(H2,43,44,45)/t14-,15-,20-,21-,22-,23-,24-,25-,26-,27-/m1/s1. The Morgan fingerprint density at radius 1 is 0.632 bits per heavy atom. The number of aliphatic hydroxyl groups excluding tert-OH is 3. The average Bonchev–Trinajstić information content (AvgIpc) is 3.11. The number of esters is 2. The predicted octanol–water partition coefficient (Wildman–Crippen LogP) is -5.74. The first-order valence-electron chi connectivity index (χ1n) is 16.3. The fourth-order valence-corrected chi connectivity index (χ4v) is 6.18. The van der Waals surface area contributed by atoms with E-state index < -0.39 is 166 Å². The Hall–Kier alpha value is -3.73. The molecule has 0 radical (unpaired) electrons. The molecule has 0 aromatic heterocycles. The second-order valence-electron chi connectivity index (χ2n) is 11.5. The molecule has 2 fully saturated rings. The molecular formula is C27H42N2O26P2. The van der Waals surface area contributed by atoms with Crippen molar-refractivity contribution in [3.05, 3.63) is 0 Å². The van der Waals surface area contributed by atoms with Gasteiger partial charge in [0.1, 0.15) is 43.1 Å². The largest absolute Gasteiger partial charge is 0.472 e. The van der Waals surface area contributed by atoms with Gasteiger partial charge in [0.15, 0.2) is 24.8 Å². The minimum Gasteiger partial charge on any atom is -0.467 e. The summed E-state index contributed by atoms with van der Waals surface area (Å²) in [4.78, 5) is 121. The van der Waals surface area contributed by atoms with Crippen LogP contribution in [0.25, 0.3) is 0 Å². The third kappa shape index (κ3) is 17.3. The van der Waals surface area contributed by atoms with Crippen molar-refractivity contribution in [2.45, 2.75) is 87.0 Å². The molecule has 0 unspecified atom stereocenters. The fourth-order valence-electron chi connectivity index (χ4n) is 5.15. The van der Waals surface area contributed by atoms with E-state index >= 15 is 0 Å². The molecule has 0 aliphatic carbocycles. The van der Waals surface area contributed by atoms with E-state index in [2.05, 4.69) is 29.4 Å². The lowest BCUT2D eigenvalue weighted by molar-refractivity contribution is -0.296. The molecule has 2 heterocycles. The monoisotopic (exact) mass is 872 g/mol. The van der Waals surface area contributed by atoms with Crippen molar-refractivity contribution < 1.29 is 125 Å². The van der Waals surface area contributed by atoms with Crippen LogP contribution in [0.5, 0.6) is 0 Å². The topological polar surface area (TPSA) is 412 Å². The molecule has 0 bridgehead atoms. The number of phosphoric acid groups is 2. The van der Waals surface area contributed by atoms with Crippen LogP contribution in [0, 0.1) is 0 Å². The normalized spacial score (nSPS) is 27.6. The Labute approximate surface area is 320 Å². The smallest absolute Gasteiger partial charge is 0.467 e. The first kappa shape index (κ1) is 49.4. The summed E-state index contributed by atoms with van der Waals surface area (Å²) in [6, 6.07) is -3.80. The summed E-state index contributed by atoms with van der Waals surface area (Å²) >= 11 is 0. The van der Waals surface area contributed by atoms with Crippen molar-refractivity contribution in [2.24, 2.45) is 0 Å². The van der Waals surface area contributed by atoms with Gasteiger partial charge in [-0.3, -0.25) is 42.6 Å². The summed E-state index contributed by atoms with van der Waals surface area (Å²) in [5.41, 5.74) is 0. The van der Waals surface area contributed by atoms with E-state index in [1.807, 2.05) is 0 Å². The molecule has 2 aliphatic heterocycles. The highest BCUT2D eigenvalue weighted by atomic mass is 31.2. The van der Waals surface area contributed by atoms with E-state index in [1.165, 1.54) is 0 Å². The van der Waals surface area contributed by atoms with Gasteiger partial charge in [0.25, 0.3) is 19.4 Å². The molecule has 0 aromatic carbocycles. The first-order valence-corrected chi connectivity index (χ1v) is 19.4. The zero-order valence-electron chi connectivity index (χ0n) is 29.4. The van der Waals surface area contributed by atoms with Gasteiger partial charge in [-0.2, -0.15) is 0 Å². The average molecular weight is 873 g/mol. The third-order valence-corrected chi connectivity index (χ3v) is 8.45. The number of ether oxygens (including phenoxy) is 8. The maximum absolute atomic E-state index is 12.9. The van der Waals surface area contributed by atoms with Crippen molar-refractivity contribution in [1.82, 2.24) is 10.6 Å². The summed E-state index contributed by atoms with van der Waals surface area (Å²) in [6.45, 7) is -4.45. The molecule has 2 amide bonds. The van der Waals surface area contributed by atoms with Crippen LogP contribution in [0.2, 0.25) is 0 Å². The number of amides is 2. The number of carbonyl (C=O) groups is 7. The number of phosphoric ester groups is 2. The summed E-state index contributed by atoms with van der Waals surface area (Å²) in [7, 11) is -11.1. The SMILES string of the molecule is O=COCCC(=O)N[C@H]1[C@H](OC[C@H]2O[C@H](OP(=O)(O)O)[C@H](NC(=O)CCOC=O)[C@@H](OC(=O)CCO)[C@@H]2O)O[C@H](CO)[C@@H](OP(=O)(O)O)[C@@H]1OC(=O)CCOC=O. The van der Waals surface area contributed by atoms with Gasteiger partial charge in [-0.15, -0.1) is 0 Å². The molecule has 57 heavy (non-hydrogen) atoms. The molecule has 2 saturated heterocycles. The van der Waals surface area contributed by atoms with Gasteiger partial charge in [0.2, 0.25) is 11.8 Å². The second kappa shape index (κ2) is 24.3. The van der Waals surface area contributed by atoms with Crippen molar-refractivity contribution in [3.8, 4) is 0 Å². The molecule has 0 saturated carbocycles. The fraction of sp³-hybridized carbons (Fsp3) is 0.741. The van der Waals surface area contributed by atoms with E-state index in [9.17, 15) is 77.6 Å². The van der Waals surface area contributed by atoms with Crippen LogP contribution in [-0.4, -0.2) is 179 Å². The Morgan fingerprint density at radius 2 is 1.11 bits per heavy atom. The van der Waals surface area contributed by atoms with Crippen LogP contribution >= 0.6 is 15.6 Å². The Balaban J connectivity index is 2.57. The summed E-state index contributed by atoms with van der Waals surface area (Å²) in [5, 5.41) is 35.1. The van der Waals surface area contributed by atoms with E-state index in [4.69, 9.17) is 28.2 Å². The minimum atomic E-state index is -5.55. The van der Waals surface area contributed by atoms with Gasteiger partial charge in [0, 0.05) is 0 Å². The second-order valence-corrected chi connectivity index (χ2v) is 13.9. The molecule has 2 aliphatic rings. The summed E-state index contributed by atoms with van der Waals surface area (Å²) in [5.74, 6) is -4.42. The van der Waals surface area contributed by atoms with Gasteiger partial charge < -0.3 is 83.4 Å². The van der Waals surface area contributed by atoms with Gasteiger partial charge in [-0.25, -0.2) is 9.13 Å². The molecule has 0 spiro atoms. The third-order valence-electron chi connectivity index (χ3n) is 7.45. The maximum Gasteiger partial charge on any atom is 0.472 e. The Kier molecular flexibility index (Phi) is 21.0. The van der Waals surface area contributed by atoms with Crippen LogP contribution in [0.1, 0.15) is 25.7 Å². The van der Waals surface area contributed by atoms with Crippen LogP contribution in [0.15, 0.2) is 0 Å². The highest BCUT2D eigenvalue weighted by molar-refractivity contribution is 7.46. The number of carbonyl (C=O) groups excluding carboxylic acids is 7. The molecule has 9 N–H and O–H groups in total. The van der Waals surface area contributed by atoms with Crippen molar-refractivity contribution in [3.63, 3.8) is 0 Å². The number of aliphatic hydroxyl groups is 3. The lowest BCUT2D eigenvalue weighted by atomic mass is 9.95. The lowest BCUT2D eigenvalue weighted by Gasteiger charge is -2.46. The van der Waals surface area contributed by atoms with E-state index in [0.717, 1.165) is 0 Å². The molecule has 28 nitrogen and oxygen atoms in total. The van der Waals surface area contributed by atoms with E-state index in [0.29, 0.717) is 0 Å². The molecule has 30 heteroatoms. The number of nitrogens with one attached hydrogen (secondary N) is 2. The molecule has 0 aromatic rings. The van der Waals surface area contributed by atoms with Crippen LogP contribution in [-0.2, 0) is 89.6 Å². The molecule has 10 atom stereocenters. The Morgan fingerprint density at radius 3 is 1.60 bits per heavy atom. The van der Waals surface area contributed by atoms with Gasteiger partial charge in [0.05, 0.1) is 58.7 Å². The van der Waals surface area contributed by atoms with Crippen molar-refractivity contribution in [2.75, 3.05) is 39.6 Å².